The maximum atomic E-state index is 5.82. The fourth-order valence-electron chi connectivity index (χ4n) is 1.82. The van der Waals surface area contributed by atoms with Gasteiger partial charge in [0.25, 0.3) is 0 Å². The van der Waals surface area contributed by atoms with Crippen LogP contribution in [0, 0.1) is 0 Å². The summed E-state index contributed by atoms with van der Waals surface area (Å²) in [6.07, 6.45) is 3.55. The topological polar surface area (TPSA) is 43.4 Å². The van der Waals surface area contributed by atoms with E-state index in [0.29, 0.717) is 6.61 Å². The molecular weight excluding hydrogens is 252 g/mol. The molecule has 0 aliphatic carbocycles. The number of nitrogens with one attached hydrogen (secondary N) is 1. The second-order valence-electron chi connectivity index (χ2n) is 4.32. The highest BCUT2D eigenvalue weighted by molar-refractivity contribution is 5.36. The van der Waals surface area contributed by atoms with Crippen molar-refractivity contribution in [1.29, 1.82) is 0 Å². The molecule has 1 N–H and O–H groups in total. The third kappa shape index (κ3) is 4.24. The second-order valence-corrected chi connectivity index (χ2v) is 4.32. The highest BCUT2D eigenvalue weighted by Gasteiger charge is 2.01. The quantitative estimate of drug-likeness (QED) is 0.839. The molecule has 2 aromatic rings. The number of benzene rings is 1. The summed E-state index contributed by atoms with van der Waals surface area (Å²) in [5.41, 5.74) is 1.10. The molecule has 4 heteroatoms. The number of aromatic nitrogens is 1. The van der Waals surface area contributed by atoms with Gasteiger partial charge in [0.2, 0.25) is 0 Å². The number of nitrogens with zero attached hydrogens (tertiary/aromatic N) is 1. The summed E-state index contributed by atoms with van der Waals surface area (Å²) >= 11 is 0. The molecule has 4 nitrogen and oxygen atoms in total. The number of hydrogen-bond acceptors (Lipinski definition) is 4. The number of rotatable bonds is 7. The largest absolute Gasteiger partial charge is 0.494 e. The van der Waals surface area contributed by atoms with Crippen LogP contribution in [0.15, 0.2) is 42.7 Å². The van der Waals surface area contributed by atoms with Gasteiger partial charge in [-0.3, -0.25) is 4.98 Å². The fraction of sp³-hybridized carbons (Fsp3) is 0.312. The van der Waals surface area contributed by atoms with Crippen LogP contribution in [0.2, 0.25) is 0 Å². The fourth-order valence-corrected chi connectivity index (χ4v) is 1.82. The first-order valence-electron chi connectivity index (χ1n) is 6.87. The molecular formula is C16H20N2O2. The van der Waals surface area contributed by atoms with Crippen molar-refractivity contribution in [2.75, 3.05) is 13.2 Å². The highest BCUT2D eigenvalue weighted by atomic mass is 16.5. The average molecular weight is 272 g/mol. The molecule has 1 heterocycles. The van der Waals surface area contributed by atoms with Crippen LogP contribution in [0.1, 0.15) is 19.4 Å². The van der Waals surface area contributed by atoms with Crippen molar-refractivity contribution in [2.45, 2.75) is 20.4 Å². The molecule has 106 valence electrons. The van der Waals surface area contributed by atoms with Gasteiger partial charge in [0.1, 0.15) is 17.2 Å². The van der Waals surface area contributed by atoms with Gasteiger partial charge in [-0.05, 0) is 37.2 Å². The minimum atomic E-state index is 0.642. The Balaban J connectivity index is 2.07. The van der Waals surface area contributed by atoms with Crippen LogP contribution >= 0.6 is 0 Å². The van der Waals surface area contributed by atoms with Gasteiger partial charge in [0.15, 0.2) is 0 Å². The summed E-state index contributed by atoms with van der Waals surface area (Å²) < 4.78 is 11.3. The van der Waals surface area contributed by atoms with Gasteiger partial charge >= 0.3 is 0 Å². The first kappa shape index (κ1) is 14.3. The molecule has 2 rings (SSSR count). The van der Waals surface area contributed by atoms with Crippen LogP contribution in [0.3, 0.4) is 0 Å². The number of pyridine rings is 1. The zero-order valence-electron chi connectivity index (χ0n) is 11.9. The van der Waals surface area contributed by atoms with E-state index < -0.39 is 0 Å². The Morgan fingerprint density at radius 2 is 1.90 bits per heavy atom. The summed E-state index contributed by atoms with van der Waals surface area (Å²) in [5, 5.41) is 3.27. The van der Waals surface area contributed by atoms with Crippen LogP contribution < -0.4 is 14.8 Å². The highest BCUT2D eigenvalue weighted by Crippen LogP contribution is 2.25. The Bertz CT molecular complexity index is 544. The molecule has 1 aromatic heterocycles. The average Bonchev–Trinajstić information content (AvgIpc) is 2.46. The van der Waals surface area contributed by atoms with Crippen LogP contribution in [-0.4, -0.2) is 18.1 Å². The Kier molecular flexibility index (Phi) is 5.38. The lowest BCUT2D eigenvalue weighted by Gasteiger charge is -2.09. The van der Waals surface area contributed by atoms with Crippen LogP contribution in [0.25, 0.3) is 0 Å². The van der Waals surface area contributed by atoms with E-state index in [1.807, 2.05) is 43.5 Å². The zero-order chi connectivity index (χ0) is 14.2. The predicted octanol–water partition coefficient (Wildman–Crippen LogP) is 3.38. The Labute approximate surface area is 119 Å². The van der Waals surface area contributed by atoms with E-state index in [9.17, 15) is 0 Å². The lowest BCUT2D eigenvalue weighted by atomic mass is 10.2. The van der Waals surface area contributed by atoms with Crippen LogP contribution in [0.5, 0.6) is 17.2 Å². The molecule has 0 saturated heterocycles. The van der Waals surface area contributed by atoms with Gasteiger partial charge in [-0.15, -0.1) is 0 Å². The summed E-state index contributed by atoms with van der Waals surface area (Å²) in [5.74, 6) is 2.29. The maximum Gasteiger partial charge on any atom is 0.146 e. The third-order valence-electron chi connectivity index (χ3n) is 2.70. The molecule has 0 spiro atoms. The Morgan fingerprint density at radius 3 is 2.70 bits per heavy atom. The molecule has 20 heavy (non-hydrogen) atoms. The van der Waals surface area contributed by atoms with E-state index in [2.05, 4.69) is 17.2 Å². The van der Waals surface area contributed by atoms with Crippen LogP contribution in [-0.2, 0) is 6.54 Å². The van der Waals surface area contributed by atoms with Crippen molar-refractivity contribution in [1.82, 2.24) is 10.3 Å². The summed E-state index contributed by atoms with van der Waals surface area (Å²) in [6, 6.07) is 9.59. The van der Waals surface area contributed by atoms with Gasteiger partial charge in [0.05, 0.1) is 12.8 Å². The molecule has 0 aliphatic rings. The SMILES string of the molecule is CCNCc1cncc(Oc2cccc(OCC)c2)c1. The first-order chi connectivity index (χ1) is 9.81. The van der Waals surface area contributed by atoms with Gasteiger partial charge in [0, 0.05) is 18.8 Å². The summed E-state index contributed by atoms with van der Waals surface area (Å²) in [4.78, 5) is 4.20. The Morgan fingerprint density at radius 1 is 1.05 bits per heavy atom. The van der Waals surface area contributed by atoms with Gasteiger partial charge in [-0.2, -0.15) is 0 Å². The normalized spacial score (nSPS) is 10.3. The molecule has 0 aliphatic heterocycles. The summed E-state index contributed by atoms with van der Waals surface area (Å²) in [6.45, 7) is 6.40. The van der Waals surface area contributed by atoms with Gasteiger partial charge in [-0.1, -0.05) is 13.0 Å². The number of ether oxygens (including phenoxy) is 2. The lowest BCUT2D eigenvalue weighted by Crippen LogP contribution is -2.11. The zero-order valence-corrected chi connectivity index (χ0v) is 11.9. The smallest absolute Gasteiger partial charge is 0.146 e. The molecule has 0 fully saturated rings. The van der Waals surface area contributed by atoms with E-state index in [1.54, 1.807) is 6.20 Å². The molecule has 0 atom stereocenters. The van der Waals surface area contributed by atoms with Gasteiger partial charge in [-0.25, -0.2) is 0 Å². The molecule has 0 radical (unpaired) electrons. The minimum absolute atomic E-state index is 0.642. The van der Waals surface area contributed by atoms with Crippen molar-refractivity contribution in [3.05, 3.63) is 48.3 Å². The van der Waals surface area contributed by atoms with Crippen molar-refractivity contribution < 1.29 is 9.47 Å². The Hall–Kier alpha value is -2.07. The minimum Gasteiger partial charge on any atom is -0.494 e. The van der Waals surface area contributed by atoms with Gasteiger partial charge < -0.3 is 14.8 Å². The monoisotopic (exact) mass is 272 g/mol. The van der Waals surface area contributed by atoms with Crippen LogP contribution in [0.4, 0.5) is 0 Å². The molecule has 1 aromatic carbocycles. The van der Waals surface area contributed by atoms with Crippen molar-refractivity contribution in [2.24, 2.45) is 0 Å². The number of hydrogen-bond donors (Lipinski definition) is 1. The van der Waals surface area contributed by atoms with E-state index in [1.165, 1.54) is 0 Å². The molecule has 0 amide bonds. The van der Waals surface area contributed by atoms with Crippen molar-refractivity contribution >= 4 is 0 Å². The van der Waals surface area contributed by atoms with E-state index >= 15 is 0 Å². The molecule has 0 bridgehead atoms. The molecule has 0 saturated carbocycles. The predicted molar refractivity (Wildman–Crippen MR) is 79.3 cm³/mol. The third-order valence-corrected chi connectivity index (χ3v) is 2.70. The maximum absolute atomic E-state index is 5.82. The van der Waals surface area contributed by atoms with E-state index in [-0.39, 0.29) is 0 Å². The summed E-state index contributed by atoms with van der Waals surface area (Å²) in [7, 11) is 0. The lowest BCUT2D eigenvalue weighted by molar-refractivity contribution is 0.338. The molecule has 0 unspecified atom stereocenters. The van der Waals surface area contributed by atoms with Crippen molar-refractivity contribution in [3.63, 3.8) is 0 Å². The second kappa shape index (κ2) is 7.50. The first-order valence-corrected chi connectivity index (χ1v) is 6.87. The van der Waals surface area contributed by atoms with Crippen molar-refractivity contribution in [3.8, 4) is 17.2 Å². The standard InChI is InChI=1S/C16H20N2O2/c1-3-17-10-13-8-16(12-18-11-13)20-15-7-5-6-14(9-15)19-4-2/h5-9,11-12,17H,3-4,10H2,1-2H3. The van der Waals surface area contributed by atoms with E-state index in [4.69, 9.17) is 9.47 Å². The van der Waals surface area contributed by atoms with E-state index in [0.717, 1.165) is 35.9 Å².